The molecule has 0 bridgehead atoms. The van der Waals surface area contributed by atoms with E-state index in [0.29, 0.717) is 12.5 Å². The van der Waals surface area contributed by atoms with Crippen molar-refractivity contribution < 1.29 is 9.47 Å². The summed E-state index contributed by atoms with van der Waals surface area (Å²) in [6.45, 7) is 1.88. The summed E-state index contributed by atoms with van der Waals surface area (Å²) in [5.74, 6) is 3.12. The lowest BCUT2D eigenvalue weighted by Gasteiger charge is -2.30. The lowest BCUT2D eigenvalue weighted by atomic mass is 10.0. The lowest BCUT2D eigenvalue weighted by molar-refractivity contribution is 0.174. The van der Waals surface area contributed by atoms with Crippen molar-refractivity contribution in [3.8, 4) is 11.5 Å². The van der Waals surface area contributed by atoms with Gasteiger partial charge in [0.1, 0.15) is 5.82 Å². The van der Waals surface area contributed by atoms with Crippen molar-refractivity contribution in [1.82, 2.24) is 9.97 Å². The molecule has 6 nitrogen and oxygen atoms in total. The van der Waals surface area contributed by atoms with Crippen LogP contribution < -0.4 is 19.7 Å². The molecule has 0 saturated carbocycles. The van der Waals surface area contributed by atoms with Crippen LogP contribution in [0.5, 0.6) is 11.5 Å². The van der Waals surface area contributed by atoms with E-state index in [2.05, 4.69) is 39.5 Å². The van der Waals surface area contributed by atoms with Crippen LogP contribution in [0.15, 0.2) is 54.7 Å². The van der Waals surface area contributed by atoms with E-state index in [1.165, 1.54) is 11.3 Å². The van der Waals surface area contributed by atoms with Gasteiger partial charge in [0.25, 0.3) is 0 Å². The van der Waals surface area contributed by atoms with Gasteiger partial charge in [-0.25, -0.2) is 4.98 Å². The fraction of sp³-hybridized carbons (Fsp3) is 0.238. The molecule has 3 heterocycles. The van der Waals surface area contributed by atoms with Crippen LogP contribution in [-0.4, -0.2) is 23.3 Å². The van der Waals surface area contributed by atoms with E-state index in [-0.39, 0.29) is 6.79 Å². The van der Waals surface area contributed by atoms with E-state index in [9.17, 15) is 0 Å². The Bertz CT molecular complexity index is 976. The largest absolute Gasteiger partial charge is 0.454 e. The normalized spacial score (nSPS) is 14.7. The second-order valence-electron chi connectivity index (χ2n) is 6.66. The molecule has 6 heteroatoms. The van der Waals surface area contributed by atoms with Gasteiger partial charge in [0.15, 0.2) is 11.5 Å². The minimum atomic E-state index is 0.286. The topological polar surface area (TPSA) is 59.5 Å². The Balaban J connectivity index is 1.34. The second-order valence-corrected chi connectivity index (χ2v) is 6.66. The molecule has 2 aliphatic heterocycles. The van der Waals surface area contributed by atoms with E-state index >= 15 is 0 Å². The third-order valence-corrected chi connectivity index (χ3v) is 4.92. The van der Waals surface area contributed by atoms with Crippen molar-refractivity contribution in [2.24, 2.45) is 0 Å². The number of ether oxygens (including phenoxy) is 2. The third kappa shape index (κ3) is 3.14. The number of para-hydroxylation sites is 1. The Morgan fingerprint density at radius 1 is 1.04 bits per heavy atom. The molecule has 0 atom stereocenters. The number of rotatable bonds is 4. The molecule has 136 valence electrons. The van der Waals surface area contributed by atoms with E-state index in [0.717, 1.165) is 42.3 Å². The molecule has 1 N–H and O–H groups in total. The molecule has 1 aromatic heterocycles. The van der Waals surface area contributed by atoms with Gasteiger partial charge in [0, 0.05) is 25.0 Å². The van der Waals surface area contributed by atoms with Crippen LogP contribution in [-0.2, 0) is 13.0 Å². The number of fused-ring (bicyclic) bond motifs is 2. The van der Waals surface area contributed by atoms with Crippen molar-refractivity contribution in [2.45, 2.75) is 19.4 Å². The predicted molar refractivity (Wildman–Crippen MR) is 104 cm³/mol. The fourth-order valence-corrected chi connectivity index (χ4v) is 3.59. The minimum Gasteiger partial charge on any atom is -0.454 e. The number of benzene rings is 2. The monoisotopic (exact) mass is 360 g/mol. The van der Waals surface area contributed by atoms with Crippen LogP contribution in [0.3, 0.4) is 0 Å². The number of nitrogens with one attached hydrogen (secondary N) is 1. The quantitative estimate of drug-likeness (QED) is 0.761. The Morgan fingerprint density at radius 3 is 2.96 bits per heavy atom. The van der Waals surface area contributed by atoms with Crippen LogP contribution in [0.25, 0.3) is 0 Å². The summed E-state index contributed by atoms with van der Waals surface area (Å²) in [5.41, 5.74) is 3.71. The summed E-state index contributed by atoms with van der Waals surface area (Å²) in [5, 5.41) is 3.31. The molecule has 0 aliphatic carbocycles. The maximum absolute atomic E-state index is 5.43. The molecule has 0 radical (unpaired) electrons. The van der Waals surface area contributed by atoms with Gasteiger partial charge >= 0.3 is 0 Å². The molecule has 0 fully saturated rings. The van der Waals surface area contributed by atoms with Crippen LogP contribution in [0.4, 0.5) is 17.5 Å². The van der Waals surface area contributed by atoms with Crippen molar-refractivity contribution >= 4 is 17.5 Å². The Morgan fingerprint density at radius 2 is 1.96 bits per heavy atom. The van der Waals surface area contributed by atoms with Gasteiger partial charge in [-0.1, -0.05) is 24.3 Å². The van der Waals surface area contributed by atoms with Gasteiger partial charge in [-0.2, -0.15) is 4.98 Å². The maximum atomic E-state index is 5.43. The third-order valence-electron chi connectivity index (χ3n) is 4.92. The summed E-state index contributed by atoms with van der Waals surface area (Å²) >= 11 is 0. The van der Waals surface area contributed by atoms with E-state index in [4.69, 9.17) is 14.5 Å². The van der Waals surface area contributed by atoms with Crippen molar-refractivity contribution in [2.75, 3.05) is 23.6 Å². The van der Waals surface area contributed by atoms with Gasteiger partial charge < -0.3 is 19.7 Å². The molecule has 0 unspecified atom stereocenters. The maximum Gasteiger partial charge on any atom is 0.231 e. The first kappa shape index (κ1) is 15.9. The lowest BCUT2D eigenvalue weighted by Crippen LogP contribution is -2.25. The van der Waals surface area contributed by atoms with E-state index in [1.54, 1.807) is 0 Å². The Labute approximate surface area is 157 Å². The molecule has 27 heavy (non-hydrogen) atoms. The van der Waals surface area contributed by atoms with Gasteiger partial charge in [0.05, 0.1) is 0 Å². The average Bonchev–Trinajstić information content (AvgIpc) is 3.20. The van der Waals surface area contributed by atoms with Crippen LogP contribution in [0.1, 0.15) is 17.5 Å². The van der Waals surface area contributed by atoms with Crippen LogP contribution in [0, 0.1) is 0 Å². The second kappa shape index (κ2) is 6.79. The zero-order valence-electron chi connectivity index (χ0n) is 14.9. The smallest absolute Gasteiger partial charge is 0.231 e. The fourth-order valence-electron chi connectivity index (χ4n) is 3.59. The van der Waals surface area contributed by atoms with Gasteiger partial charge in [-0.3, -0.25) is 0 Å². The number of aryl methyl sites for hydroxylation is 1. The molecule has 5 rings (SSSR count). The van der Waals surface area contributed by atoms with Crippen LogP contribution in [0.2, 0.25) is 0 Å². The van der Waals surface area contributed by atoms with Gasteiger partial charge in [0.2, 0.25) is 12.7 Å². The number of hydrogen-bond donors (Lipinski definition) is 1. The van der Waals surface area contributed by atoms with Gasteiger partial charge in [-0.05, 0) is 48.2 Å². The summed E-state index contributed by atoms with van der Waals surface area (Å²) in [7, 11) is 0. The molecule has 3 aromatic rings. The molecule has 0 amide bonds. The highest BCUT2D eigenvalue weighted by atomic mass is 16.7. The SMILES string of the molecule is c1ccc2c(c1)CCCN2c1ccnc(NCc2ccc3c(c2)OCO3)n1. The zero-order valence-corrected chi connectivity index (χ0v) is 14.9. The highest BCUT2D eigenvalue weighted by Crippen LogP contribution is 2.33. The number of anilines is 3. The summed E-state index contributed by atoms with van der Waals surface area (Å²) in [6.07, 6.45) is 4.05. The summed E-state index contributed by atoms with van der Waals surface area (Å²) < 4.78 is 10.8. The van der Waals surface area contributed by atoms with Crippen LogP contribution >= 0.6 is 0 Å². The Hall–Kier alpha value is -3.28. The average molecular weight is 360 g/mol. The molecule has 2 aromatic carbocycles. The molecule has 0 spiro atoms. The van der Waals surface area contributed by atoms with Crippen molar-refractivity contribution in [3.63, 3.8) is 0 Å². The van der Waals surface area contributed by atoms with Crippen molar-refractivity contribution in [1.29, 1.82) is 0 Å². The highest BCUT2D eigenvalue weighted by Gasteiger charge is 2.19. The first-order chi connectivity index (χ1) is 13.4. The van der Waals surface area contributed by atoms with E-state index in [1.807, 2.05) is 30.5 Å². The van der Waals surface area contributed by atoms with E-state index < -0.39 is 0 Å². The number of aromatic nitrogens is 2. The standard InChI is InChI=1S/C21H20N4O2/c1-2-6-17-16(4-1)5-3-11-25(17)20-9-10-22-21(24-20)23-13-15-7-8-18-19(12-15)27-14-26-18/h1-2,4,6-10,12H,3,5,11,13-14H2,(H,22,23,24). The number of nitrogens with zero attached hydrogens (tertiary/aromatic N) is 3. The first-order valence-electron chi connectivity index (χ1n) is 9.18. The molecule has 2 aliphatic rings. The Kier molecular flexibility index (Phi) is 4.01. The highest BCUT2D eigenvalue weighted by molar-refractivity contribution is 5.65. The summed E-state index contributed by atoms with van der Waals surface area (Å²) in [4.78, 5) is 11.4. The molecule has 0 saturated heterocycles. The predicted octanol–water partition coefficient (Wildman–Crippen LogP) is 3.90. The van der Waals surface area contributed by atoms with Gasteiger partial charge in [-0.15, -0.1) is 0 Å². The zero-order chi connectivity index (χ0) is 18.1. The first-order valence-corrected chi connectivity index (χ1v) is 9.18. The minimum absolute atomic E-state index is 0.286. The molecular weight excluding hydrogens is 340 g/mol. The summed E-state index contributed by atoms with van der Waals surface area (Å²) in [6, 6.07) is 16.4. The van der Waals surface area contributed by atoms with Crippen molar-refractivity contribution in [3.05, 3.63) is 65.9 Å². The molecular formula is C21H20N4O2. The number of hydrogen-bond acceptors (Lipinski definition) is 6.